The molecule has 0 spiro atoms. The number of ether oxygens (including phenoxy) is 1. The lowest BCUT2D eigenvalue weighted by Gasteiger charge is -2.07. The van der Waals surface area contributed by atoms with Crippen molar-refractivity contribution in [3.8, 4) is 0 Å². The second-order valence-corrected chi connectivity index (χ2v) is 8.03. The van der Waals surface area contributed by atoms with E-state index in [2.05, 4.69) is 15.3 Å². The van der Waals surface area contributed by atoms with Crippen LogP contribution in [0.5, 0.6) is 0 Å². The Labute approximate surface area is 168 Å². The minimum absolute atomic E-state index is 0.196. The van der Waals surface area contributed by atoms with Gasteiger partial charge in [0, 0.05) is 11.4 Å². The summed E-state index contributed by atoms with van der Waals surface area (Å²) in [4.78, 5) is 31.8. The van der Waals surface area contributed by atoms with Crippen molar-refractivity contribution in [3.05, 3.63) is 59.1 Å². The van der Waals surface area contributed by atoms with Crippen molar-refractivity contribution in [1.82, 2.24) is 4.98 Å². The molecule has 0 unspecified atom stereocenters. The number of benzene rings is 2. The first-order chi connectivity index (χ1) is 13.6. The number of aromatic nitrogens is 1. The number of fused-ring (bicyclic) bond motifs is 1. The average Bonchev–Trinajstić information content (AvgIpc) is 3.34. The summed E-state index contributed by atoms with van der Waals surface area (Å²) in [6.45, 7) is 0.196. The lowest BCUT2D eigenvalue weighted by atomic mass is 10.2. The van der Waals surface area contributed by atoms with Gasteiger partial charge in [-0.3, -0.25) is 10.3 Å². The smallest absolute Gasteiger partial charge is 0.411 e. The molecule has 0 aliphatic carbocycles. The van der Waals surface area contributed by atoms with Crippen LogP contribution in [0.2, 0.25) is 0 Å². The maximum atomic E-state index is 12.0. The number of carboxylic acids is 1. The minimum Gasteiger partial charge on any atom is -0.480 e. The first-order valence-electron chi connectivity index (χ1n) is 8.40. The molecule has 142 valence electrons. The van der Waals surface area contributed by atoms with Crippen molar-refractivity contribution in [2.45, 2.75) is 12.6 Å². The molecule has 0 radical (unpaired) electrons. The van der Waals surface area contributed by atoms with Gasteiger partial charge in [0.25, 0.3) is 0 Å². The van der Waals surface area contributed by atoms with Crippen LogP contribution in [0.1, 0.15) is 10.6 Å². The van der Waals surface area contributed by atoms with Crippen molar-refractivity contribution in [1.29, 1.82) is 0 Å². The SMILES string of the molecule is O=C(Nc1ccc2nc(C3=N[C@H](C(=O)O)CS3)sc2c1)OCc1ccccc1. The lowest BCUT2D eigenvalue weighted by molar-refractivity contribution is -0.137. The molecular weight excluding hydrogens is 398 g/mol. The summed E-state index contributed by atoms with van der Waals surface area (Å²) in [6.07, 6.45) is -0.534. The van der Waals surface area contributed by atoms with E-state index in [1.54, 1.807) is 12.1 Å². The predicted octanol–water partition coefficient (Wildman–Crippen LogP) is 3.99. The molecule has 1 aliphatic rings. The van der Waals surface area contributed by atoms with Crippen molar-refractivity contribution < 1.29 is 19.4 Å². The second-order valence-electron chi connectivity index (χ2n) is 5.99. The number of carboxylic acid groups (broad SMARTS) is 1. The van der Waals surface area contributed by atoms with E-state index in [0.29, 0.717) is 21.5 Å². The lowest BCUT2D eigenvalue weighted by Crippen LogP contribution is -2.17. The standard InChI is InChI=1S/C19H15N3O4S2/c23-18(24)14-10-27-16(22-14)17-21-13-7-6-12(8-15(13)28-17)20-19(25)26-9-11-4-2-1-3-5-11/h1-8,14H,9-10H2,(H,20,25)(H,23,24)/t14-/m0/s1. The number of rotatable bonds is 5. The van der Waals surface area contributed by atoms with Gasteiger partial charge in [-0.1, -0.05) is 30.3 Å². The van der Waals surface area contributed by atoms with Crippen molar-refractivity contribution in [2.75, 3.05) is 11.1 Å². The number of thiazole rings is 1. The Balaban J connectivity index is 1.44. The number of hydrogen-bond acceptors (Lipinski definition) is 7. The van der Waals surface area contributed by atoms with Crippen LogP contribution in [0.3, 0.4) is 0 Å². The summed E-state index contributed by atoms with van der Waals surface area (Å²) < 4.78 is 6.10. The summed E-state index contributed by atoms with van der Waals surface area (Å²) >= 11 is 2.81. The highest BCUT2D eigenvalue weighted by molar-refractivity contribution is 8.15. The maximum absolute atomic E-state index is 12.0. The highest BCUT2D eigenvalue weighted by Crippen LogP contribution is 2.31. The fraction of sp³-hybridized carbons (Fsp3) is 0.158. The van der Waals surface area contributed by atoms with Crippen LogP contribution < -0.4 is 5.32 Å². The maximum Gasteiger partial charge on any atom is 0.411 e. The third kappa shape index (κ3) is 4.15. The quantitative estimate of drug-likeness (QED) is 0.656. The van der Waals surface area contributed by atoms with Gasteiger partial charge in [-0.15, -0.1) is 23.1 Å². The molecule has 0 saturated carbocycles. The normalized spacial score (nSPS) is 16.0. The molecule has 3 aromatic rings. The van der Waals surface area contributed by atoms with Crippen LogP contribution in [-0.4, -0.2) is 39.0 Å². The summed E-state index contributed by atoms with van der Waals surface area (Å²) in [7, 11) is 0. The van der Waals surface area contributed by atoms with Gasteiger partial charge < -0.3 is 9.84 Å². The van der Waals surface area contributed by atoms with Crippen LogP contribution in [0, 0.1) is 0 Å². The number of thioether (sulfide) groups is 1. The molecule has 1 aliphatic heterocycles. The number of nitrogens with one attached hydrogen (secondary N) is 1. The number of anilines is 1. The molecule has 28 heavy (non-hydrogen) atoms. The van der Waals surface area contributed by atoms with E-state index in [-0.39, 0.29) is 6.61 Å². The Morgan fingerprint density at radius 1 is 1.21 bits per heavy atom. The van der Waals surface area contributed by atoms with Crippen molar-refractivity contribution >= 4 is 56.1 Å². The third-order valence-corrected chi connectivity index (χ3v) is 6.18. The Hall–Kier alpha value is -2.91. The van der Waals surface area contributed by atoms with E-state index in [9.17, 15) is 9.59 Å². The highest BCUT2D eigenvalue weighted by atomic mass is 32.2. The number of aliphatic imine (C=N–C) groups is 1. The minimum atomic E-state index is -0.927. The van der Waals surface area contributed by atoms with Crippen LogP contribution in [-0.2, 0) is 16.1 Å². The van der Waals surface area contributed by atoms with Crippen molar-refractivity contribution in [2.24, 2.45) is 4.99 Å². The summed E-state index contributed by atoms with van der Waals surface area (Å²) in [5.74, 6) is -0.509. The number of aliphatic carboxylic acids is 1. The zero-order valence-electron chi connectivity index (χ0n) is 14.5. The first kappa shape index (κ1) is 18.5. The summed E-state index contributed by atoms with van der Waals surface area (Å²) in [5, 5.41) is 13.1. The van der Waals surface area contributed by atoms with E-state index in [0.717, 1.165) is 15.8 Å². The van der Waals surface area contributed by atoms with E-state index in [4.69, 9.17) is 9.84 Å². The van der Waals surface area contributed by atoms with Gasteiger partial charge in [0.15, 0.2) is 6.04 Å². The number of amides is 1. The monoisotopic (exact) mass is 413 g/mol. The van der Waals surface area contributed by atoms with E-state index in [1.807, 2.05) is 36.4 Å². The van der Waals surface area contributed by atoms with Crippen LogP contribution in [0.15, 0.2) is 53.5 Å². The third-order valence-electron chi connectivity index (χ3n) is 3.97. The van der Waals surface area contributed by atoms with Gasteiger partial charge in [0.2, 0.25) is 0 Å². The first-order valence-corrected chi connectivity index (χ1v) is 10.2. The molecule has 0 bridgehead atoms. The van der Waals surface area contributed by atoms with Gasteiger partial charge in [-0.05, 0) is 23.8 Å². The van der Waals surface area contributed by atoms with Gasteiger partial charge in [-0.25, -0.2) is 14.6 Å². The largest absolute Gasteiger partial charge is 0.480 e. The molecule has 0 fully saturated rings. The van der Waals surface area contributed by atoms with Crippen LogP contribution in [0.25, 0.3) is 10.2 Å². The number of carbonyl (C=O) groups is 2. The van der Waals surface area contributed by atoms with Gasteiger partial charge in [-0.2, -0.15) is 0 Å². The van der Waals surface area contributed by atoms with Crippen LogP contribution >= 0.6 is 23.1 Å². The molecule has 1 aromatic heterocycles. The highest BCUT2D eigenvalue weighted by Gasteiger charge is 2.26. The summed E-state index contributed by atoms with van der Waals surface area (Å²) in [6, 6.07) is 14.1. The number of carbonyl (C=O) groups excluding carboxylic acids is 1. The molecule has 9 heteroatoms. The molecular formula is C19H15N3O4S2. The molecule has 2 N–H and O–H groups in total. The molecule has 2 aromatic carbocycles. The van der Waals surface area contributed by atoms with Gasteiger partial charge in [0.05, 0.1) is 10.2 Å². The van der Waals surface area contributed by atoms with Gasteiger partial charge >= 0.3 is 12.1 Å². The predicted molar refractivity (Wildman–Crippen MR) is 110 cm³/mol. The molecule has 2 heterocycles. The zero-order chi connectivity index (χ0) is 19.5. The molecule has 4 rings (SSSR count). The Kier molecular flexibility index (Phi) is 5.27. The fourth-order valence-corrected chi connectivity index (χ4v) is 4.69. The molecule has 1 atom stereocenters. The molecule has 7 nitrogen and oxygen atoms in total. The second kappa shape index (κ2) is 7.99. The fourth-order valence-electron chi connectivity index (χ4n) is 2.59. The average molecular weight is 413 g/mol. The number of nitrogens with zero attached hydrogens (tertiary/aromatic N) is 2. The number of hydrogen-bond donors (Lipinski definition) is 2. The Morgan fingerprint density at radius 2 is 2.04 bits per heavy atom. The topological polar surface area (TPSA) is 101 Å². The molecule has 1 amide bonds. The summed E-state index contributed by atoms with van der Waals surface area (Å²) in [5.41, 5.74) is 2.28. The van der Waals surface area contributed by atoms with Crippen molar-refractivity contribution in [3.63, 3.8) is 0 Å². The van der Waals surface area contributed by atoms with E-state index >= 15 is 0 Å². The molecule has 0 saturated heterocycles. The van der Waals surface area contributed by atoms with Gasteiger partial charge in [0.1, 0.15) is 16.7 Å². The Bertz CT molecular complexity index is 1070. The Morgan fingerprint density at radius 3 is 2.79 bits per heavy atom. The van der Waals surface area contributed by atoms with E-state index in [1.165, 1.54) is 23.1 Å². The van der Waals surface area contributed by atoms with Crippen LogP contribution in [0.4, 0.5) is 10.5 Å². The van der Waals surface area contributed by atoms with E-state index < -0.39 is 18.1 Å². The zero-order valence-corrected chi connectivity index (χ0v) is 16.1.